The highest BCUT2D eigenvalue weighted by atomic mass is 16.7. The van der Waals surface area contributed by atoms with Crippen LogP contribution >= 0.6 is 0 Å². The number of fused-ring (bicyclic) bond motifs is 2. The van der Waals surface area contributed by atoms with E-state index in [9.17, 15) is 0 Å². The van der Waals surface area contributed by atoms with E-state index in [0.717, 1.165) is 34.1 Å². The van der Waals surface area contributed by atoms with Crippen molar-refractivity contribution in [2.45, 2.75) is 26.1 Å². The third-order valence-electron chi connectivity index (χ3n) is 6.24. The summed E-state index contributed by atoms with van der Waals surface area (Å²) >= 11 is 0. The lowest BCUT2D eigenvalue weighted by Crippen LogP contribution is -2.14. The molecule has 0 N–H and O–H groups in total. The van der Waals surface area contributed by atoms with Crippen molar-refractivity contribution in [1.82, 2.24) is 0 Å². The molecular weight excluding hydrogens is 396 g/mol. The fraction of sp³-hybridized carbons (Fsp3) is 0.440. The smallest absolute Gasteiger partial charge is 0.231 e. The van der Waals surface area contributed by atoms with Crippen molar-refractivity contribution in [1.29, 1.82) is 0 Å². The van der Waals surface area contributed by atoms with Crippen LogP contribution in [-0.4, -0.2) is 33.7 Å². The highest BCUT2D eigenvalue weighted by molar-refractivity contribution is 5.46. The van der Waals surface area contributed by atoms with Gasteiger partial charge in [0.1, 0.15) is 6.61 Å². The average Bonchev–Trinajstić information content (AvgIpc) is 3.49. The maximum atomic E-state index is 6.26. The molecule has 31 heavy (non-hydrogen) atoms. The van der Waals surface area contributed by atoms with Crippen molar-refractivity contribution >= 4 is 0 Å². The van der Waals surface area contributed by atoms with Crippen LogP contribution in [0.15, 0.2) is 48.0 Å². The van der Waals surface area contributed by atoms with Gasteiger partial charge in [-0.3, -0.25) is 0 Å². The molecule has 3 heterocycles. The van der Waals surface area contributed by atoms with Crippen molar-refractivity contribution in [2.75, 3.05) is 33.7 Å². The van der Waals surface area contributed by atoms with Gasteiger partial charge in [-0.15, -0.1) is 0 Å². The number of ether oxygens (including phenoxy) is 6. The molecule has 0 aliphatic carbocycles. The van der Waals surface area contributed by atoms with E-state index in [0.29, 0.717) is 25.7 Å². The first-order chi connectivity index (χ1) is 15.1. The summed E-state index contributed by atoms with van der Waals surface area (Å²) in [6.45, 7) is 6.23. The summed E-state index contributed by atoms with van der Waals surface area (Å²) in [4.78, 5) is 0. The maximum absolute atomic E-state index is 6.26. The Bertz CT molecular complexity index is 980. The highest BCUT2D eigenvalue weighted by Gasteiger charge is 2.48. The van der Waals surface area contributed by atoms with Gasteiger partial charge in [0, 0.05) is 11.8 Å². The second-order valence-corrected chi connectivity index (χ2v) is 8.45. The number of hydrogen-bond donors (Lipinski definition) is 0. The lowest BCUT2D eigenvalue weighted by atomic mass is 9.85. The molecule has 0 amide bonds. The SMILES string of the molecule is COc1cc([C@H]2OC[C@H]3[C@H]2CO[C@@H]3c2ccc3c(c2)OCO3)ccc1OCC=C(C)C. The molecule has 164 valence electrons. The minimum Gasteiger partial charge on any atom is -0.493 e. The predicted octanol–water partition coefficient (Wildman–Crippen LogP) is 4.84. The minimum atomic E-state index is -0.0234. The first kappa shape index (κ1) is 20.2. The standard InChI is InChI=1S/C25H28O6/c1-15(2)8-9-27-20-6-4-16(10-22(20)26-3)24-18-12-29-25(19(18)13-28-24)17-5-7-21-23(11-17)31-14-30-21/h4-8,10-11,18-19,24-25H,9,12-14H2,1-3H3/t18-,19+,24-,25-/m1/s1. The number of methoxy groups -OCH3 is 1. The van der Waals surface area contributed by atoms with Crippen molar-refractivity contribution in [3.05, 3.63) is 59.2 Å². The van der Waals surface area contributed by atoms with Gasteiger partial charge in [0.25, 0.3) is 0 Å². The fourth-order valence-electron chi connectivity index (χ4n) is 4.60. The van der Waals surface area contributed by atoms with Crippen LogP contribution in [0.1, 0.15) is 37.2 Å². The molecule has 0 aromatic heterocycles. The van der Waals surface area contributed by atoms with E-state index in [2.05, 4.69) is 26.0 Å². The molecule has 5 rings (SSSR count). The second-order valence-electron chi connectivity index (χ2n) is 8.45. The van der Waals surface area contributed by atoms with Gasteiger partial charge in [-0.25, -0.2) is 0 Å². The Morgan fingerprint density at radius 3 is 2.29 bits per heavy atom. The Morgan fingerprint density at radius 2 is 1.58 bits per heavy atom. The zero-order valence-corrected chi connectivity index (χ0v) is 18.1. The first-order valence-electron chi connectivity index (χ1n) is 10.7. The van der Waals surface area contributed by atoms with Crippen molar-refractivity contribution in [3.63, 3.8) is 0 Å². The summed E-state index contributed by atoms with van der Waals surface area (Å²) in [7, 11) is 1.67. The number of rotatable bonds is 6. The molecule has 6 nitrogen and oxygen atoms in total. The van der Waals surface area contributed by atoms with Gasteiger partial charge in [-0.05, 0) is 55.3 Å². The molecule has 6 heteroatoms. The van der Waals surface area contributed by atoms with Crippen LogP contribution in [0.25, 0.3) is 0 Å². The van der Waals surface area contributed by atoms with E-state index in [1.807, 2.05) is 30.3 Å². The van der Waals surface area contributed by atoms with Crippen molar-refractivity contribution < 1.29 is 28.4 Å². The van der Waals surface area contributed by atoms with E-state index >= 15 is 0 Å². The summed E-state index contributed by atoms with van der Waals surface area (Å²) in [6, 6.07) is 12.1. The molecule has 0 unspecified atom stereocenters. The normalized spacial score (nSPS) is 25.9. The molecule has 0 bridgehead atoms. The van der Waals surface area contributed by atoms with Gasteiger partial charge in [0.05, 0.1) is 32.5 Å². The van der Waals surface area contributed by atoms with Crippen LogP contribution in [-0.2, 0) is 9.47 Å². The second kappa shape index (κ2) is 8.44. The van der Waals surface area contributed by atoms with Crippen LogP contribution in [0.2, 0.25) is 0 Å². The molecule has 3 aliphatic heterocycles. The molecule has 0 saturated carbocycles. The van der Waals surface area contributed by atoms with E-state index in [1.54, 1.807) is 7.11 Å². The van der Waals surface area contributed by atoms with E-state index < -0.39 is 0 Å². The number of hydrogen-bond acceptors (Lipinski definition) is 6. The van der Waals surface area contributed by atoms with Crippen LogP contribution in [0.4, 0.5) is 0 Å². The predicted molar refractivity (Wildman–Crippen MR) is 115 cm³/mol. The van der Waals surface area contributed by atoms with E-state index in [-0.39, 0.29) is 24.9 Å². The largest absolute Gasteiger partial charge is 0.493 e. The lowest BCUT2D eigenvalue weighted by molar-refractivity contribution is 0.0191. The Morgan fingerprint density at radius 1 is 0.903 bits per heavy atom. The Labute approximate surface area is 182 Å². The Balaban J connectivity index is 1.32. The quantitative estimate of drug-likeness (QED) is 0.619. The van der Waals surface area contributed by atoms with Gasteiger partial charge in [0.15, 0.2) is 23.0 Å². The van der Waals surface area contributed by atoms with Crippen LogP contribution in [0.5, 0.6) is 23.0 Å². The molecule has 0 spiro atoms. The van der Waals surface area contributed by atoms with Gasteiger partial charge in [0.2, 0.25) is 6.79 Å². The Kier molecular flexibility index (Phi) is 5.50. The first-order valence-corrected chi connectivity index (χ1v) is 10.7. The van der Waals surface area contributed by atoms with Gasteiger partial charge in [-0.2, -0.15) is 0 Å². The van der Waals surface area contributed by atoms with Crippen LogP contribution < -0.4 is 18.9 Å². The zero-order valence-electron chi connectivity index (χ0n) is 18.1. The van der Waals surface area contributed by atoms with Gasteiger partial charge in [-0.1, -0.05) is 17.7 Å². The Hall–Kier alpha value is -2.70. The van der Waals surface area contributed by atoms with Crippen LogP contribution in [0, 0.1) is 11.8 Å². The van der Waals surface area contributed by atoms with Gasteiger partial charge < -0.3 is 28.4 Å². The maximum Gasteiger partial charge on any atom is 0.231 e. The summed E-state index contributed by atoms with van der Waals surface area (Å²) in [5.41, 5.74) is 3.43. The molecule has 2 fully saturated rings. The summed E-state index contributed by atoms with van der Waals surface area (Å²) in [6.07, 6.45) is 2.02. The topological polar surface area (TPSA) is 55.4 Å². The van der Waals surface area contributed by atoms with Crippen molar-refractivity contribution in [3.8, 4) is 23.0 Å². The molecule has 3 aliphatic rings. The molecule has 2 aromatic carbocycles. The zero-order chi connectivity index (χ0) is 21.4. The molecule has 4 atom stereocenters. The fourth-order valence-corrected chi connectivity index (χ4v) is 4.60. The third-order valence-corrected chi connectivity index (χ3v) is 6.24. The summed E-state index contributed by atoms with van der Waals surface area (Å²) < 4.78 is 34.9. The minimum absolute atomic E-state index is 0.00178. The summed E-state index contributed by atoms with van der Waals surface area (Å²) in [5.74, 6) is 3.62. The monoisotopic (exact) mass is 424 g/mol. The molecule has 2 saturated heterocycles. The van der Waals surface area contributed by atoms with Gasteiger partial charge >= 0.3 is 0 Å². The van der Waals surface area contributed by atoms with Crippen molar-refractivity contribution in [2.24, 2.45) is 11.8 Å². The van der Waals surface area contributed by atoms with Crippen LogP contribution in [0.3, 0.4) is 0 Å². The highest BCUT2D eigenvalue weighted by Crippen LogP contribution is 2.51. The third kappa shape index (κ3) is 3.86. The summed E-state index contributed by atoms with van der Waals surface area (Å²) in [5, 5.41) is 0. The van der Waals surface area contributed by atoms with E-state index in [4.69, 9.17) is 28.4 Å². The number of allylic oxidation sites excluding steroid dienone is 1. The number of benzene rings is 2. The molecule has 2 aromatic rings. The lowest BCUT2D eigenvalue weighted by Gasteiger charge is -2.18. The van der Waals surface area contributed by atoms with E-state index in [1.165, 1.54) is 5.57 Å². The average molecular weight is 424 g/mol. The molecule has 0 radical (unpaired) electrons. The molecular formula is C25H28O6.